The van der Waals surface area contributed by atoms with E-state index in [4.69, 9.17) is 5.26 Å². The second-order valence-electron chi connectivity index (χ2n) is 3.43. The number of rotatable bonds is 3. The Hall–Kier alpha value is -1.40. The lowest BCUT2D eigenvalue weighted by Crippen LogP contribution is -2.22. The maximum absolute atomic E-state index is 13.5. The lowest BCUT2D eigenvalue weighted by Gasteiger charge is -2.09. The number of hydrogen-bond acceptors (Lipinski definition) is 2. The van der Waals surface area contributed by atoms with Crippen LogP contribution < -0.4 is 5.32 Å². The third kappa shape index (κ3) is 2.54. The highest BCUT2D eigenvalue weighted by molar-refractivity contribution is 5.34. The molecule has 0 radical (unpaired) electrons. The maximum Gasteiger partial charge on any atom is 0.145 e. The van der Waals surface area contributed by atoms with Crippen LogP contribution >= 0.6 is 0 Å². The van der Waals surface area contributed by atoms with Gasteiger partial charge in [0, 0.05) is 18.2 Å². The predicted octanol–water partition coefficient (Wildman–Crippen LogP) is 2.20. The van der Waals surface area contributed by atoms with E-state index in [1.165, 1.54) is 6.07 Å². The van der Waals surface area contributed by atoms with Gasteiger partial charge in [-0.05, 0) is 6.07 Å². The molecule has 0 saturated heterocycles. The third-order valence-electron chi connectivity index (χ3n) is 1.90. The van der Waals surface area contributed by atoms with Crippen LogP contribution in [0.25, 0.3) is 0 Å². The van der Waals surface area contributed by atoms with Crippen molar-refractivity contribution < 1.29 is 4.39 Å². The summed E-state index contributed by atoms with van der Waals surface area (Å²) in [4.78, 5) is 0. The Kier molecular flexibility index (Phi) is 3.61. The quantitative estimate of drug-likeness (QED) is 0.796. The van der Waals surface area contributed by atoms with Gasteiger partial charge in [0.25, 0.3) is 0 Å². The zero-order chi connectivity index (χ0) is 10.6. The predicted molar refractivity (Wildman–Crippen MR) is 53.1 cm³/mol. The van der Waals surface area contributed by atoms with Gasteiger partial charge in [0.05, 0.1) is 5.56 Å². The number of nitrogens with one attached hydrogen (secondary N) is 1. The molecule has 1 N–H and O–H groups in total. The van der Waals surface area contributed by atoms with Crippen molar-refractivity contribution in [1.82, 2.24) is 5.32 Å². The highest BCUT2D eigenvalue weighted by Gasteiger charge is 2.06. The molecule has 1 rings (SSSR count). The second-order valence-corrected chi connectivity index (χ2v) is 3.43. The van der Waals surface area contributed by atoms with Crippen molar-refractivity contribution in [3.05, 3.63) is 35.1 Å². The minimum atomic E-state index is -0.414. The molecule has 74 valence electrons. The zero-order valence-corrected chi connectivity index (χ0v) is 8.34. The van der Waals surface area contributed by atoms with Crippen molar-refractivity contribution in [3.8, 4) is 6.07 Å². The van der Waals surface area contributed by atoms with Gasteiger partial charge >= 0.3 is 0 Å². The molecule has 0 spiro atoms. The van der Waals surface area contributed by atoms with E-state index in [0.29, 0.717) is 18.2 Å². The summed E-state index contributed by atoms with van der Waals surface area (Å²) in [7, 11) is 0. The van der Waals surface area contributed by atoms with Crippen molar-refractivity contribution >= 4 is 0 Å². The molecular weight excluding hydrogens is 179 g/mol. The first kappa shape index (κ1) is 10.7. The van der Waals surface area contributed by atoms with Crippen molar-refractivity contribution in [2.24, 2.45) is 0 Å². The molecule has 0 bridgehead atoms. The van der Waals surface area contributed by atoms with Gasteiger partial charge in [-0.25, -0.2) is 4.39 Å². The molecule has 0 unspecified atom stereocenters. The molecule has 14 heavy (non-hydrogen) atoms. The van der Waals surface area contributed by atoms with E-state index in [2.05, 4.69) is 5.32 Å². The van der Waals surface area contributed by atoms with Gasteiger partial charge in [-0.2, -0.15) is 5.26 Å². The Morgan fingerprint density at radius 1 is 1.50 bits per heavy atom. The highest BCUT2D eigenvalue weighted by atomic mass is 19.1. The fraction of sp³-hybridized carbons (Fsp3) is 0.364. The van der Waals surface area contributed by atoms with Crippen molar-refractivity contribution in [2.45, 2.75) is 26.4 Å². The molecular formula is C11H13FN2. The van der Waals surface area contributed by atoms with Crippen LogP contribution in [0.2, 0.25) is 0 Å². The summed E-state index contributed by atoms with van der Waals surface area (Å²) in [6.07, 6.45) is 0. The molecule has 0 atom stereocenters. The van der Waals surface area contributed by atoms with Crippen molar-refractivity contribution in [2.75, 3.05) is 0 Å². The lowest BCUT2D eigenvalue weighted by molar-refractivity contribution is 0.551. The molecule has 0 heterocycles. The third-order valence-corrected chi connectivity index (χ3v) is 1.90. The number of halogens is 1. The van der Waals surface area contributed by atoms with Crippen LogP contribution in [-0.4, -0.2) is 6.04 Å². The van der Waals surface area contributed by atoms with Gasteiger partial charge in [-0.15, -0.1) is 0 Å². The molecule has 2 nitrogen and oxygen atoms in total. The molecule has 0 aliphatic heterocycles. The second kappa shape index (κ2) is 4.73. The van der Waals surface area contributed by atoms with E-state index >= 15 is 0 Å². The molecule has 3 heteroatoms. The van der Waals surface area contributed by atoms with E-state index in [1.807, 2.05) is 19.9 Å². The van der Waals surface area contributed by atoms with Crippen molar-refractivity contribution in [3.63, 3.8) is 0 Å². The number of hydrogen-bond donors (Lipinski definition) is 1. The van der Waals surface area contributed by atoms with Gasteiger partial charge in [0.2, 0.25) is 0 Å². The summed E-state index contributed by atoms with van der Waals surface area (Å²) < 4.78 is 13.5. The molecule has 0 aliphatic carbocycles. The molecule has 0 fully saturated rings. The summed E-state index contributed by atoms with van der Waals surface area (Å²) in [5, 5.41) is 11.7. The molecule has 0 amide bonds. The standard InChI is InChI=1S/C11H13FN2/c1-8(2)14-7-10-5-3-4-9(6-13)11(10)12/h3-5,8,14H,7H2,1-2H3. The largest absolute Gasteiger partial charge is 0.310 e. The Bertz CT molecular complexity index is 353. The maximum atomic E-state index is 13.5. The van der Waals surface area contributed by atoms with E-state index in [0.717, 1.165) is 0 Å². The first-order valence-corrected chi connectivity index (χ1v) is 4.56. The van der Waals surface area contributed by atoms with Gasteiger partial charge in [0.15, 0.2) is 0 Å². The van der Waals surface area contributed by atoms with E-state index in [1.54, 1.807) is 12.1 Å². The van der Waals surface area contributed by atoms with Crippen LogP contribution in [0.5, 0.6) is 0 Å². The molecule has 0 saturated carbocycles. The molecule has 0 aliphatic rings. The number of nitriles is 1. The molecule has 1 aromatic rings. The van der Waals surface area contributed by atoms with Gasteiger partial charge in [-0.3, -0.25) is 0 Å². The highest BCUT2D eigenvalue weighted by Crippen LogP contribution is 2.11. The fourth-order valence-electron chi connectivity index (χ4n) is 1.12. The molecule has 0 aromatic heterocycles. The smallest absolute Gasteiger partial charge is 0.145 e. The Balaban J connectivity index is 2.83. The Labute approximate surface area is 83.4 Å². The van der Waals surface area contributed by atoms with Crippen LogP contribution in [0.1, 0.15) is 25.0 Å². The number of nitrogens with zero attached hydrogens (tertiary/aromatic N) is 1. The average Bonchev–Trinajstić information content (AvgIpc) is 2.16. The lowest BCUT2D eigenvalue weighted by atomic mass is 10.1. The van der Waals surface area contributed by atoms with Crippen LogP contribution in [0.15, 0.2) is 18.2 Å². The zero-order valence-electron chi connectivity index (χ0n) is 8.34. The minimum absolute atomic E-state index is 0.105. The Morgan fingerprint density at radius 2 is 2.21 bits per heavy atom. The van der Waals surface area contributed by atoms with E-state index < -0.39 is 5.82 Å². The SMILES string of the molecule is CC(C)NCc1cccc(C#N)c1F. The van der Waals surface area contributed by atoms with Gasteiger partial charge in [-0.1, -0.05) is 26.0 Å². The van der Waals surface area contributed by atoms with E-state index in [-0.39, 0.29) is 5.56 Å². The summed E-state index contributed by atoms with van der Waals surface area (Å²) in [6, 6.07) is 6.99. The van der Waals surface area contributed by atoms with E-state index in [9.17, 15) is 4.39 Å². The summed E-state index contributed by atoms with van der Waals surface area (Å²) >= 11 is 0. The average molecular weight is 192 g/mol. The van der Waals surface area contributed by atoms with Gasteiger partial charge in [0.1, 0.15) is 11.9 Å². The van der Waals surface area contributed by atoms with Gasteiger partial charge < -0.3 is 5.32 Å². The summed E-state index contributed by atoms with van der Waals surface area (Å²) in [5.74, 6) is -0.414. The summed E-state index contributed by atoms with van der Waals surface area (Å²) in [5.41, 5.74) is 0.644. The molecule has 1 aromatic carbocycles. The first-order chi connectivity index (χ1) is 6.65. The van der Waals surface area contributed by atoms with Crippen LogP contribution in [0.4, 0.5) is 4.39 Å². The summed E-state index contributed by atoms with van der Waals surface area (Å²) in [6.45, 7) is 4.44. The van der Waals surface area contributed by atoms with Crippen LogP contribution in [0, 0.1) is 17.1 Å². The normalized spacial score (nSPS) is 10.2. The monoisotopic (exact) mass is 192 g/mol. The fourth-order valence-corrected chi connectivity index (χ4v) is 1.12. The first-order valence-electron chi connectivity index (χ1n) is 4.56. The van der Waals surface area contributed by atoms with Crippen molar-refractivity contribution in [1.29, 1.82) is 5.26 Å². The Morgan fingerprint density at radius 3 is 2.79 bits per heavy atom. The van der Waals surface area contributed by atoms with Crippen LogP contribution in [-0.2, 0) is 6.54 Å². The minimum Gasteiger partial charge on any atom is -0.310 e. The number of benzene rings is 1. The topological polar surface area (TPSA) is 35.8 Å². The van der Waals surface area contributed by atoms with Crippen LogP contribution in [0.3, 0.4) is 0 Å².